The maximum atomic E-state index is 7.83. The molecule has 0 saturated carbocycles. The van der Waals surface area contributed by atoms with Gasteiger partial charge in [0.25, 0.3) is 0 Å². The first-order valence-electron chi connectivity index (χ1n) is 7.26. The molecule has 66 valence electrons. The van der Waals surface area contributed by atoms with Crippen molar-refractivity contribution in [2.24, 2.45) is 0 Å². The summed E-state index contributed by atoms with van der Waals surface area (Å²) in [5, 5.41) is 3.61. The Bertz CT molecular complexity index is 723. The Hall–Kier alpha value is -1.16. The predicted molar refractivity (Wildman–Crippen MR) is 53.8 cm³/mol. The fourth-order valence-corrected chi connectivity index (χ4v) is 1.01. The van der Waals surface area contributed by atoms with Crippen LogP contribution >= 0.6 is 15.9 Å². The van der Waals surface area contributed by atoms with Crippen LogP contribution in [0, 0.1) is 6.85 Å². The summed E-state index contributed by atoms with van der Waals surface area (Å²) in [5.41, 5.74) is -0.554. The highest BCUT2D eigenvalue weighted by Gasteiger charge is 1.98. The zero-order valence-electron chi connectivity index (χ0n) is 14.2. The minimum absolute atomic E-state index is 0.0321. The van der Waals surface area contributed by atoms with Crippen LogP contribution in [0.1, 0.15) is 16.5 Å². The van der Waals surface area contributed by atoms with E-state index in [1.807, 2.05) is 0 Å². The molecule has 0 N–H and O–H groups in total. The van der Waals surface area contributed by atoms with Crippen LogP contribution in [0.4, 0.5) is 0 Å². The number of nitrogens with zero attached hydrogens (tertiary/aromatic N) is 3. The molecule has 0 spiro atoms. The van der Waals surface area contributed by atoms with Gasteiger partial charge in [-0.05, 0) is 40.4 Å². The van der Waals surface area contributed by atoms with Crippen molar-refractivity contribution >= 4 is 15.9 Å². The lowest BCUT2D eigenvalue weighted by atomic mass is 10.4. The smallest absolute Gasteiger partial charge is 0.154 e. The Labute approximate surface area is 95.8 Å². The third-order valence-electron chi connectivity index (χ3n) is 1.22. The molecular weight excluding hydrogens is 230 g/mol. The second-order valence-electron chi connectivity index (χ2n) is 2.11. The molecule has 0 bridgehead atoms. The van der Waals surface area contributed by atoms with Crippen molar-refractivity contribution < 1.29 is 11.0 Å². The van der Waals surface area contributed by atoms with E-state index < -0.39 is 36.8 Å². The monoisotopic (exact) mass is 245 g/mol. The fourth-order valence-electron chi connectivity index (χ4n) is 0.744. The zero-order chi connectivity index (χ0) is 16.1. The second-order valence-corrected chi connectivity index (χ2v) is 2.86. The van der Waals surface area contributed by atoms with Crippen LogP contribution in [0.3, 0.4) is 0 Å². The molecule has 2 aromatic heterocycles. The van der Waals surface area contributed by atoms with Gasteiger partial charge in [0.15, 0.2) is 5.82 Å². The number of halogens is 1. The standard InChI is InChI=1S/C9H8BrN3/c1-7-5-11-13(6-7)9-4-2-3-8(10)12-9/h2-6H,1H3/i1D3,2D,3D,4D,5D,6D. The van der Waals surface area contributed by atoms with Gasteiger partial charge in [0, 0.05) is 10.3 Å². The SMILES string of the molecule is [2H]c1nn(-c2nc(Br)c([2H])c([2H])c2[2H])c([2H])c1C([2H])([2H])[2H]. The van der Waals surface area contributed by atoms with Gasteiger partial charge in [-0.3, -0.25) is 0 Å². The third-order valence-corrected chi connectivity index (χ3v) is 1.60. The second kappa shape index (κ2) is 3.30. The van der Waals surface area contributed by atoms with Gasteiger partial charge in [-0.15, -0.1) is 0 Å². The molecule has 0 aliphatic rings. The molecule has 4 heteroatoms. The first-order chi connectivity index (χ1) is 9.55. The van der Waals surface area contributed by atoms with Crippen LogP contribution in [0.25, 0.3) is 5.82 Å². The lowest BCUT2D eigenvalue weighted by Crippen LogP contribution is -1.96. The summed E-state index contributed by atoms with van der Waals surface area (Å²) in [4.78, 5) is 3.84. The minimum Gasteiger partial charge on any atom is -0.222 e. The van der Waals surface area contributed by atoms with Crippen LogP contribution in [0.2, 0.25) is 0 Å². The molecule has 13 heavy (non-hydrogen) atoms. The molecule has 2 heterocycles. The Kier molecular flexibility index (Phi) is 0.813. The van der Waals surface area contributed by atoms with Gasteiger partial charge in [-0.25, -0.2) is 9.67 Å². The summed E-state index contributed by atoms with van der Waals surface area (Å²) < 4.78 is 60.9. The molecule has 3 nitrogen and oxygen atoms in total. The maximum Gasteiger partial charge on any atom is 0.154 e. The molecule has 0 radical (unpaired) electrons. The van der Waals surface area contributed by atoms with E-state index in [0.29, 0.717) is 4.68 Å². The van der Waals surface area contributed by atoms with Gasteiger partial charge in [-0.2, -0.15) is 5.10 Å². The van der Waals surface area contributed by atoms with E-state index in [1.165, 1.54) is 0 Å². The van der Waals surface area contributed by atoms with Crippen molar-refractivity contribution in [2.45, 2.75) is 6.85 Å². The molecule has 0 fully saturated rings. The van der Waals surface area contributed by atoms with Gasteiger partial charge in [-0.1, -0.05) is 6.04 Å². The molecule has 0 saturated heterocycles. The van der Waals surface area contributed by atoms with Crippen molar-refractivity contribution in [3.05, 3.63) is 40.6 Å². The lowest BCUT2D eigenvalue weighted by Gasteiger charge is -1.99. The van der Waals surface area contributed by atoms with Gasteiger partial charge < -0.3 is 0 Å². The van der Waals surface area contributed by atoms with Crippen LogP contribution in [-0.4, -0.2) is 14.8 Å². The molecule has 0 aromatic carbocycles. The number of pyridine rings is 1. The molecule has 0 atom stereocenters. The van der Waals surface area contributed by atoms with E-state index in [-0.39, 0.29) is 16.5 Å². The van der Waals surface area contributed by atoms with Crippen LogP contribution in [0.15, 0.2) is 35.1 Å². The lowest BCUT2D eigenvalue weighted by molar-refractivity contribution is 0.843. The van der Waals surface area contributed by atoms with Gasteiger partial charge in [0.1, 0.15) is 4.60 Å². The first kappa shape index (κ1) is 3.20. The van der Waals surface area contributed by atoms with E-state index in [0.717, 1.165) is 0 Å². The highest BCUT2D eigenvalue weighted by atomic mass is 79.9. The van der Waals surface area contributed by atoms with Crippen LogP contribution < -0.4 is 0 Å². The molecular formula is C9H8BrN3. The Balaban J connectivity index is 2.76. The van der Waals surface area contributed by atoms with Crippen molar-refractivity contribution in [3.63, 3.8) is 0 Å². The summed E-state index contributed by atoms with van der Waals surface area (Å²) in [6.07, 6.45) is -1.20. The zero-order valence-corrected chi connectivity index (χ0v) is 7.81. The average molecular weight is 246 g/mol. The highest BCUT2D eigenvalue weighted by Crippen LogP contribution is 2.09. The molecule has 0 amide bonds. The molecule has 0 unspecified atom stereocenters. The average Bonchev–Trinajstić information content (AvgIpc) is 2.66. The maximum absolute atomic E-state index is 7.83. The van der Waals surface area contributed by atoms with Crippen molar-refractivity contribution in [2.75, 3.05) is 0 Å². The van der Waals surface area contributed by atoms with E-state index in [4.69, 9.17) is 11.0 Å². The summed E-state index contributed by atoms with van der Waals surface area (Å²) in [6.45, 7) is -2.69. The Morgan fingerprint density at radius 1 is 1.62 bits per heavy atom. The molecule has 0 aliphatic heterocycles. The van der Waals surface area contributed by atoms with Crippen molar-refractivity contribution in [1.29, 1.82) is 0 Å². The number of hydrogen-bond acceptors (Lipinski definition) is 2. The molecule has 0 aliphatic carbocycles. The topological polar surface area (TPSA) is 30.7 Å². The van der Waals surface area contributed by atoms with Gasteiger partial charge in [0.2, 0.25) is 0 Å². The summed E-state index contributed by atoms with van der Waals surface area (Å²) in [7, 11) is 0. The first-order valence-corrected chi connectivity index (χ1v) is 4.05. The largest absolute Gasteiger partial charge is 0.222 e. The normalized spacial score (nSPS) is 20.1. The minimum atomic E-state index is -2.69. The third kappa shape index (κ3) is 1.78. The van der Waals surface area contributed by atoms with E-state index in [2.05, 4.69) is 26.0 Å². The molecule has 2 rings (SSSR count). The number of aromatic nitrogens is 3. The number of rotatable bonds is 1. The van der Waals surface area contributed by atoms with Crippen molar-refractivity contribution in [1.82, 2.24) is 14.8 Å². The Morgan fingerprint density at radius 2 is 2.54 bits per heavy atom. The summed E-state index contributed by atoms with van der Waals surface area (Å²) in [6, 6.07) is -1.22. The van der Waals surface area contributed by atoms with Gasteiger partial charge >= 0.3 is 0 Å². The van der Waals surface area contributed by atoms with E-state index >= 15 is 0 Å². The fraction of sp³-hybridized carbons (Fsp3) is 0.111. The number of hydrogen-bond donors (Lipinski definition) is 0. The molecule has 2 aromatic rings. The van der Waals surface area contributed by atoms with Gasteiger partial charge in [0.05, 0.1) is 13.0 Å². The summed E-state index contributed by atoms with van der Waals surface area (Å²) in [5.74, 6) is -0.281. The quantitative estimate of drug-likeness (QED) is 0.723. The predicted octanol–water partition coefficient (Wildman–Crippen LogP) is 2.34. The van der Waals surface area contributed by atoms with E-state index in [9.17, 15) is 0 Å². The van der Waals surface area contributed by atoms with Crippen LogP contribution in [-0.2, 0) is 0 Å². The van der Waals surface area contributed by atoms with Crippen LogP contribution in [0.5, 0.6) is 0 Å². The Morgan fingerprint density at radius 3 is 3.31 bits per heavy atom. The highest BCUT2D eigenvalue weighted by molar-refractivity contribution is 9.10. The van der Waals surface area contributed by atoms with Crippen molar-refractivity contribution in [3.8, 4) is 5.82 Å². The van der Waals surface area contributed by atoms with E-state index in [1.54, 1.807) is 0 Å². The summed E-state index contributed by atoms with van der Waals surface area (Å²) >= 11 is 2.96.